The average molecular weight is 270 g/mol. The Labute approximate surface area is 108 Å². The molecule has 0 aliphatic carbocycles. The Morgan fingerprint density at radius 2 is 1.84 bits per heavy atom. The van der Waals surface area contributed by atoms with Crippen LogP contribution >= 0.6 is 0 Å². The van der Waals surface area contributed by atoms with Crippen molar-refractivity contribution in [3.05, 3.63) is 58.5 Å². The summed E-state index contributed by atoms with van der Waals surface area (Å²) in [7, 11) is 0. The molecule has 1 unspecified atom stereocenters. The van der Waals surface area contributed by atoms with Crippen molar-refractivity contribution in [1.29, 1.82) is 0 Å². The molecule has 102 valence electrons. The minimum atomic E-state index is -4.37. The molecule has 1 aromatic carbocycles. The Balaban J connectivity index is 2.36. The molecule has 1 atom stereocenters. The van der Waals surface area contributed by atoms with Crippen LogP contribution in [0.2, 0.25) is 0 Å². The Morgan fingerprint density at radius 1 is 1.16 bits per heavy atom. The number of aryl methyl sites for hydroxylation is 2. The van der Waals surface area contributed by atoms with Crippen molar-refractivity contribution in [3.8, 4) is 0 Å². The van der Waals surface area contributed by atoms with Crippen molar-refractivity contribution >= 4 is 0 Å². The monoisotopic (exact) mass is 270 g/mol. The Bertz CT molecular complexity index is 585. The first-order valence-corrected chi connectivity index (χ1v) is 5.70. The van der Waals surface area contributed by atoms with E-state index in [0.29, 0.717) is 22.5 Å². The summed E-state index contributed by atoms with van der Waals surface area (Å²) >= 11 is 0. The van der Waals surface area contributed by atoms with E-state index >= 15 is 0 Å². The molecular formula is C14H13F3O2. The first kappa shape index (κ1) is 13.7. The number of aliphatic hydroxyl groups is 1. The fourth-order valence-electron chi connectivity index (χ4n) is 1.95. The van der Waals surface area contributed by atoms with Crippen molar-refractivity contribution in [2.24, 2.45) is 0 Å². The Hall–Kier alpha value is -1.75. The molecule has 0 bridgehead atoms. The number of alkyl halides is 3. The van der Waals surface area contributed by atoms with Crippen LogP contribution in [0.15, 0.2) is 34.9 Å². The zero-order valence-corrected chi connectivity index (χ0v) is 10.5. The van der Waals surface area contributed by atoms with Crippen LogP contribution in [-0.4, -0.2) is 5.11 Å². The minimum absolute atomic E-state index is 0.390. The summed E-state index contributed by atoms with van der Waals surface area (Å²) in [6.45, 7) is 3.27. The molecule has 1 N–H and O–H groups in total. The molecule has 0 saturated heterocycles. The molecule has 2 nitrogen and oxygen atoms in total. The van der Waals surface area contributed by atoms with Crippen LogP contribution in [0.4, 0.5) is 13.2 Å². The number of rotatable bonds is 2. The van der Waals surface area contributed by atoms with Gasteiger partial charge in [0.05, 0.1) is 11.8 Å². The number of aliphatic hydroxyl groups excluding tert-OH is 1. The predicted octanol–water partition coefficient (Wildman–Crippen LogP) is 4.00. The van der Waals surface area contributed by atoms with Gasteiger partial charge in [0.1, 0.15) is 11.9 Å². The van der Waals surface area contributed by atoms with Gasteiger partial charge in [-0.1, -0.05) is 6.07 Å². The first-order valence-electron chi connectivity index (χ1n) is 5.70. The molecule has 0 saturated carbocycles. The lowest BCUT2D eigenvalue weighted by atomic mass is 9.97. The number of benzene rings is 1. The van der Waals surface area contributed by atoms with E-state index in [2.05, 4.69) is 0 Å². The Morgan fingerprint density at radius 3 is 2.32 bits per heavy atom. The minimum Gasteiger partial charge on any atom is -0.469 e. The van der Waals surface area contributed by atoms with Gasteiger partial charge in [-0.25, -0.2) is 0 Å². The molecule has 5 heteroatoms. The molecule has 1 heterocycles. The third-order valence-corrected chi connectivity index (χ3v) is 2.96. The molecule has 0 aliphatic heterocycles. The van der Waals surface area contributed by atoms with Gasteiger partial charge in [-0.2, -0.15) is 13.2 Å². The van der Waals surface area contributed by atoms with E-state index in [4.69, 9.17) is 4.42 Å². The zero-order chi connectivity index (χ0) is 14.2. The van der Waals surface area contributed by atoms with Crippen molar-refractivity contribution in [1.82, 2.24) is 0 Å². The second kappa shape index (κ2) is 4.74. The highest BCUT2D eigenvalue weighted by Crippen LogP contribution is 2.33. The maximum atomic E-state index is 12.5. The molecular weight excluding hydrogens is 257 g/mol. The maximum Gasteiger partial charge on any atom is 0.416 e. The summed E-state index contributed by atoms with van der Waals surface area (Å²) in [6.07, 6.45) is -3.96. The third-order valence-electron chi connectivity index (χ3n) is 2.96. The smallest absolute Gasteiger partial charge is 0.416 e. The largest absolute Gasteiger partial charge is 0.469 e. The third kappa shape index (κ3) is 2.81. The van der Waals surface area contributed by atoms with Crippen LogP contribution in [0.3, 0.4) is 0 Å². The lowest BCUT2D eigenvalue weighted by Crippen LogP contribution is -2.07. The van der Waals surface area contributed by atoms with Crippen LogP contribution in [0, 0.1) is 13.8 Å². The lowest BCUT2D eigenvalue weighted by molar-refractivity contribution is -0.137. The van der Waals surface area contributed by atoms with Crippen LogP contribution in [0.25, 0.3) is 0 Å². The molecule has 0 radical (unpaired) electrons. The predicted molar refractivity (Wildman–Crippen MR) is 63.7 cm³/mol. The summed E-state index contributed by atoms with van der Waals surface area (Å²) in [6, 6.07) is 4.96. The van der Waals surface area contributed by atoms with E-state index in [9.17, 15) is 18.3 Å². The van der Waals surface area contributed by atoms with Gasteiger partial charge in [0.25, 0.3) is 0 Å². The number of hydrogen-bond donors (Lipinski definition) is 1. The summed E-state index contributed by atoms with van der Waals surface area (Å²) in [5.41, 5.74) is 0.639. The summed E-state index contributed by atoms with van der Waals surface area (Å²) < 4.78 is 42.7. The highest BCUT2D eigenvalue weighted by Gasteiger charge is 2.31. The molecule has 0 amide bonds. The van der Waals surface area contributed by atoms with Crippen molar-refractivity contribution in [2.45, 2.75) is 26.1 Å². The maximum absolute atomic E-state index is 12.5. The van der Waals surface area contributed by atoms with Gasteiger partial charge >= 0.3 is 6.18 Å². The Kier molecular flexibility index (Phi) is 3.41. The topological polar surface area (TPSA) is 33.4 Å². The van der Waals surface area contributed by atoms with Crippen LogP contribution in [0.1, 0.15) is 34.1 Å². The quantitative estimate of drug-likeness (QED) is 0.894. The van der Waals surface area contributed by atoms with E-state index < -0.39 is 17.8 Å². The molecule has 19 heavy (non-hydrogen) atoms. The first-order chi connectivity index (χ1) is 8.79. The number of hydrogen-bond acceptors (Lipinski definition) is 2. The zero-order valence-electron chi connectivity index (χ0n) is 10.5. The van der Waals surface area contributed by atoms with E-state index in [0.717, 1.165) is 12.1 Å². The highest BCUT2D eigenvalue weighted by molar-refractivity contribution is 5.38. The average Bonchev–Trinajstić information content (AvgIpc) is 2.73. The van der Waals surface area contributed by atoms with Gasteiger partial charge in [0.15, 0.2) is 0 Å². The van der Waals surface area contributed by atoms with E-state index in [1.165, 1.54) is 12.3 Å². The van der Waals surface area contributed by atoms with E-state index in [1.54, 1.807) is 19.9 Å². The van der Waals surface area contributed by atoms with Crippen molar-refractivity contribution < 1.29 is 22.7 Å². The molecule has 2 aromatic rings. The molecule has 0 aliphatic rings. The van der Waals surface area contributed by atoms with Gasteiger partial charge in [-0.3, -0.25) is 0 Å². The molecule has 2 rings (SSSR count). The molecule has 1 aromatic heterocycles. The van der Waals surface area contributed by atoms with Crippen LogP contribution in [-0.2, 0) is 6.18 Å². The van der Waals surface area contributed by atoms with Crippen molar-refractivity contribution in [2.75, 3.05) is 0 Å². The number of furan rings is 1. The summed E-state index contributed by atoms with van der Waals surface area (Å²) in [4.78, 5) is 0. The van der Waals surface area contributed by atoms with Gasteiger partial charge in [0, 0.05) is 5.56 Å². The molecule has 0 fully saturated rings. The number of halogens is 3. The van der Waals surface area contributed by atoms with E-state index in [-0.39, 0.29) is 0 Å². The lowest BCUT2D eigenvalue weighted by Gasteiger charge is -2.14. The fourth-order valence-corrected chi connectivity index (χ4v) is 1.95. The fraction of sp³-hybridized carbons (Fsp3) is 0.286. The van der Waals surface area contributed by atoms with Gasteiger partial charge < -0.3 is 9.52 Å². The van der Waals surface area contributed by atoms with Crippen LogP contribution < -0.4 is 0 Å². The normalized spacial score (nSPS) is 13.6. The SMILES string of the molecule is Cc1cc(C(O)c2ccc(C(F)(F)F)cc2C)co1. The molecule has 0 spiro atoms. The standard InChI is InChI=1S/C14H13F3O2/c1-8-5-11(14(15,16)17)3-4-12(8)13(18)10-6-9(2)19-7-10/h3-7,13,18H,1-2H3. The summed E-state index contributed by atoms with van der Waals surface area (Å²) in [5, 5.41) is 10.1. The van der Waals surface area contributed by atoms with Crippen molar-refractivity contribution in [3.63, 3.8) is 0 Å². The van der Waals surface area contributed by atoms with Crippen LogP contribution in [0.5, 0.6) is 0 Å². The van der Waals surface area contributed by atoms with Gasteiger partial charge in [-0.15, -0.1) is 0 Å². The van der Waals surface area contributed by atoms with Gasteiger partial charge in [0.2, 0.25) is 0 Å². The second-order valence-electron chi connectivity index (χ2n) is 4.46. The van der Waals surface area contributed by atoms with Gasteiger partial charge in [-0.05, 0) is 43.2 Å². The highest BCUT2D eigenvalue weighted by atomic mass is 19.4. The van der Waals surface area contributed by atoms with E-state index in [1.807, 2.05) is 0 Å². The summed E-state index contributed by atoms with van der Waals surface area (Å²) in [5.74, 6) is 0.638. The second-order valence-corrected chi connectivity index (χ2v) is 4.46.